The van der Waals surface area contributed by atoms with Crippen LogP contribution in [0.1, 0.15) is 13.8 Å². The average molecular weight is 469 g/mol. The van der Waals surface area contributed by atoms with Crippen molar-refractivity contribution < 1.29 is 0 Å². The van der Waals surface area contributed by atoms with E-state index in [0.29, 0.717) is 6.04 Å². The molecule has 0 amide bonds. The second-order valence-corrected chi connectivity index (χ2v) is 9.32. The van der Waals surface area contributed by atoms with Crippen LogP contribution in [0.5, 0.6) is 0 Å². The van der Waals surface area contributed by atoms with Gasteiger partial charge in [0.25, 0.3) is 0 Å². The first-order valence-electron chi connectivity index (χ1n) is 12.3. The monoisotopic (exact) mass is 468 g/mol. The van der Waals surface area contributed by atoms with Gasteiger partial charge in [-0.05, 0) is 68.4 Å². The van der Waals surface area contributed by atoms with E-state index in [1.165, 1.54) is 16.3 Å². The van der Waals surface area contributed by atoms with Crippen LogP contribution in [0.4, 0.5) is 17.1 Å². The molecule has 4 heteroatoms. The van der Waals surface area contributed by atoms with E-state index in [9.17, 15) is 0 Å². The smallest absolute Gasteiger partial charge is 0.0702 e. The molecule has 6 rings (SSSR count). The molecular weight excluding hydrogens is 440 g/mol. The summed E-state index contributed by atoms with van der Waals surface area (Å²) in [5.74, 6) is 0. The van der Waals surface area contributed by atoms with Crippen molar-refractivity contribution in [2.24, 2.45) is 0 Å². The molecule has 0 radical (unpaired) electrons. The fourth-order valence-electron chi connectivity index (χ4n) is 4.85. The summed E-state index contributed by atoms with van der Waals surface area (Å²) in [6.45, 7) is 4.31. The number of hydrogen-bond acceptors (Lipinski definition) is 3. The predicted molar refractivity (Wildman–Crippen MR) is 152 cm³/mol. The first-order valence-corrected chi connectivity index (χ1v) is 12.3. The van der Waals surface area contributed by atoms with Gasteiger partial charge in [-0.15, -0.1) is 0 Å². The highest BCUT2D eigenvalue weighted by Gasteiger charge is 2.14. The third kappa shape index (κ3) is 4.07. The van der Waals surface area contributed by atoms with Crippen molar-refractivity contribution in [1.29, 1.82) is 0 Å². The van der Waals surface area contributed by atoms with Crippen LogP contribution in [0.15, 0.2) is 115 Å². The van der Waals surface area contributed by atoms with Gasteiger partial charge >= 0.3 is 0 Å². The number of para-hydroxylation sites is 3. The Morgan fingerprint density at radius 2 is 1.44 bits per heavy atom. The fourth-order valence-corrected chi connectivity index (χ4v) is 4.85. The summed E-state index contributed by atoms with van der Waals surface area (Å²) < 4.78 is 2.35. The molecule has 0 fully saturated rings. The first kappa shape index (κ1) is 21.9. The summed E-state index contributed by atoms with van der Waals surface area (Å²) in [6, 6.07) is 38.6. The zero-order chi connectivity index (χ0) is 24.5. The summed E-state index contributed by atoms with van der Waals surface area (Å²) >= 11 is 0. The van der Waals surface area contributed by atoms with Gasteiger partial charge < -0.3 is 15.2 Å². The second kappa shape index (κ2) is 9.23. The summed E-state index contributed by atoms with van der Waals surface area (Å²) in [6.07, 6.45) is 1.84. The Kier molecular flexibility index (Phi) is 5.62. The Bertz CT molecular complexity index is 1660. The van der Waals surface area contributed by atoms with Crippen LogP contribution < -0.4 is 10.6 Å². The number of benzene rings is 4. The highest BCUT2D eigenvalue weighted by molar-refractivity contribution is 6.10. The summed E-state index contributed by atoms with van der Waals surface area (Å²) in [7, 11) is 0. The van der Waals surface area contributed by atoms with Gasteiger partial charge in [-0.2, -0.15) is 0 Å². The summed E-state index contributed by atoms with van der Waals surface area (Å²) in [4.78, 5) is 4.56. The van der Waals surface area contributed by atoms with E-state index in [-0.39, 0.29) is 0 Å². The molecule has 4 aromatic carbocycles. The Labute approximate surface area is 211 Å². The number of rotatable bonds is 6. The zero-order valence-electron chi connectivity index (χ0n) is 20.4. The van der Waals surface area contributed by atoms with Gasteiger partial charge in [0.1, 0.15) is 0 Å². The molecule has 2 N–H and O–H groups in total. The zero-order valence-corrected chi connectivity index (χ0v) is 20.4. The topological polar surface area (TPSA) is 41.9 Å². The lowest BCUT2D eigenvalue weighted by atomic mass is 10.1. The van der Waals surface area contributed by atoms with Gasteiger partial charge in [0, 0.05) is 39.9 Å². The van der Waals surface area contributed by atoms with E-state index in [0.717, 1.165) is 39.5 Å². The fraction of sp³-hybridized carbons (Fsp3) is 0.0938. The highest BCUT2D eigenvalue weighted by Crippen LogP contribution is 2.35. The maximum absolute atomic E-state index is 4.56. The Morgan fingerprint density at radius 3 is 2.28 bits per heavy atom. The van der Waals surface area contributed by atoms with Gasteiger partial charge in [-0.3, -0.25) is 4.98 Å². The molecule has 0 aliphatic carbocycles. The van der Waals surface area contributed by atoms with Crippen LogP contribution in [0.3, 0.4) is 0 Å². The number of pyridine rings is 1. The molecule has 6 aromatic rings. The van der Waals surface area contributed by atoms with E-state index in [1.807, 2.05) is 18.3 Å². The van der Waals surface area contributed by atoms with Gasteiger partial charge in [-0.1, -0.05) is 54.6 Å². The van der Waals surface area contributed by atoms with Crippen molar-refractivity contribution in [2.45, 2.75) is 19.9 Å². The van der Waals surface area contributed by atoms with Crippen LogP contribution in [0.25, 0.3) is 38.8 Å². The van der Waals surface area contributed by atoms with Crippen LogP contribution in [-0.2, 0) is 0 Å². The third-order valence-corrected chi connectivity index (χ3v) is 6.39. The number of nitrogens with zero attached hydrogens (tertiary/aromatic N) is 2. The molecule has 0 saturated carbocycles. The lowest BCUT2D eigenvalue weighted by Gasteiger charge is -2.16. The van der Waals surface area contributed by atoms with Crippen LogP contribution in [0, 0.1) is 0 Å². The van der Waals surface area contributed by atoms with E-state index < -0.39 is 0 Å². The number of nitrogens with one attached hydrogen (secondary N) is 2. The normalized spacial score (nSPS) is 11.3. The van der Waals surface area contributed by atoms with Gasteiger partial charge in [-0.25, -0.2) is 0 Å². The maximum Gasteiger partial charge on any atom is 0.0702 e. The van der Waals surface area contributed by atoms with Gasteiger partial charge in [0.15, 0.2) is 0 Å². The van der Waals surface area contributed by atoms with Crippen molar-refractivity contribution in [3.63, 3.8) is 0 Å². The minimum Gasteiger partial charge on any atom is -0.381 e. The Balaban J connectivity index is 1.50. The van der Waals surface area contributed by atoms with Crippen molar-refractivity contribution in [3.05, 3.63) is 115 Å². The van der Waals surface area contributed by atoms with E-state index >= 15 is 0 Å². The highest BCUT2D eigenvalue weighted by atomic mass is 15.0. The van der Waals surface area contributed by atoms with Crippen LogP contribution in [-0.4, -0.2) is 15.6 Å². The molecule has 0 aliphatic rings. The second-order valence-electron chi connectivity index (χ2n) is 9.32. The van der Waals surface area contributed by atoms with Crippen molar-refractivity contribution in [3.8, 4) is 16.9 Å². The van der Waals surface area contributed by atoms with Crippen molar-refractivity contribution in [1.82, 2.24) is 9.55 Å². The first-order chi connectivity index (χ1) is 17.7. The molecule has 2 heterocycles. The van der Waals surface area contributed by atoms with E-state index in [4.69, 9.17) is 0 Å². The number of fused-ring (bicyclic) bond motifs is 3. The molecule has 0 spiro atoms. The van der Waals surface area contributed by atoms with Crippen molar-refractivity contribution in [2.75, 3.05) is 10.6 Å². The minimum atomic E-state index is 0.351. The van der Waals surface area contributed by atoms with Crippen molar-refractivity contribution >= 4 is 38.9 Å². The number of aromatic nitrogens is 2. The summed E-state index contributed by atoms with van der Waals surface area (Å²) in [5, 5.41) is 9.65. The maximum atomic E-state index is 4.56. The molecular formula is C32H28N4. The molecule has 0 bridgehead atoms. The molecule has 2 aromatic heterocycles. The largest absolute Gasteiger partial charge is 0.381 e. The van der Waals surface area contributed by atoms with Crippen LogP contribution >= 0.6 is 0 Å². The number of anilines is 3. The lowest BCUT2D eigenvalue weighted by Crippen LogP contribution is -2.11. The molecule has 36 heavy (non-hydrogen) atoms. The lowest BCUT2D eigenvalue weighted by molar-refractivity contribution is 0.900. The predicted octanol–water partition coefficient (Wildman–Crippen LogP) is 8.41. The molecule has 176 valence electrons. The third-order valence-electron chi connectivity index (χ3n) is 6.39. The summed E-state index contributed by atoms with van der Waals surface area (Å²) in [5.41, 5.74) is 8.73. The van der Waals surface area contributed by atoms with E-state index in [1.54, 1.807) is 0 Å². The average Bonchev–Trinajstić information content (AvgIpc) is 3.24. The minimum absolute atomic E-state index is 0.351. The Hall–Kier alpha value is -4.57. The SMILES string of the molecule is CC(C)Nc1ccccc1Nc1ccc2c3ccccc3n(-c3cccc(-c4ccccn4)c3)c2c1. The van der Waals surface area contributed by atoms with Gasteiger partial charge in [0.05, 0.1) is 28.1 Å². The molecule has 4 nitrogen and oxygen atoms in total. The Morgan fingerprint density at radius 1 is 0.667 bits per heavy atom. The standard InChI is InChI=1S/C32H28N4/c1-22(2)34-29-14-4-5-15-30(29)35-24-17-18-27-26-12-3-6-16-31(26)36(32(27)21-24)25-11-9-10-23(20-25)28-13-7-8-19-33-28/h3-22,34-35H,1-2H3. The molecule has 0 unspecified atom stereocenters. The molecule has 0 saturated heterocycles. The molecule has 0 aliphatic heterocycles. The van der Waals surface area contributed by atoms with Gasteiger partial charge in [0.2, 0.25) is 0 Å². The molecule has 0 atom stereocenters. The van der Waals surface area contributed by atoms with E-state index in [2.05, 4.69) is 131 Å². The quantitative estimate of drug-likeness (QED) is 0.258. The van der Waals surface area contributed by atoms with Crippen LogP contribution in [0.2, 0.25) is 0 Å². The number of hydrogen-bond donors (Lipinski definition) is 2.